The number of unbranched alkanes of at least 4 members (excludes halogenated alkanes) is 1. The molecule has 0 atom stereocenters. The first-order valence-electron chi connectivity index (χ1n) is 11.3. The summed E-state index contributed by atoms with van der Waals surface area (Å²) in [7, 11) is 0. The van der Waals surface area contributed by atoms with Crippen molar-refractivity contribution in [2.24, 2.45) is 5.92 Å². The van der Waals surface area contributed by atoms with E-state index in [0.717, 1.165) is 17.0 Å². The Bertz CT molecular complexity index is 861. The van der Waals surface area contributed by atoms with E-state index in [2.05, 4.69) is 19.1 Å². The molecular weight excluding hydrogens is 388 g/mol. The SMILES string of the molecule is CCCCC1CCC(c2ccc(-c3ccc4c(c3)CCC(F)(F)C4(F)F)cc2)CC1. The van der Waals surface area contributed by atoms with E-state index in [1.807, 2.05) is 12.1 Å². The fraction of sp³-hybridized carbons (Fsp3) is 0.538. The van der Waals surface area contributed by atoms with Crippen molar-refractivity contribution < 1.29 is 17.6 Å². The number of aryl methyl sites for hydroxylation is 1. The first kappa shape index (κ1) is 21.4. The summed E-state index contributed by atoms with van der Waals surface area (Å²) in [5.74, 6) is -6.60. The molecule has 0 radical (unpaired) electrons. The maximum Gasteiger partial charge on any atom is 0.335 e. The van der Waals surface area contributed by atoms with Gasteiger partial charge in [-0.25, -0.2) is 0 Å². The quantitative estimate of drug-likeness (QED) is 0.427. The van der Waals surface area contributed by atoms with Crippen molar-refractivity contribution in [1.29, 1.82) is 0 Å². The predicted molar refractivity (Wildman–Crippen MR) is 113 cm³/mol. The van der Waals surface area contributed by atoms with Gasteiger partial charge in [0.25, 0.3) is 0 Å². The zero-order chi connectivity index (χ0) is 21.4. The largest absolute Gasteiger partial charge is 0.335 e. The molecule has 0 bridgehead atoms. The predicted octanol–water partition coefficient (Wildman–Crippen LogP) is 8.49. The van der Waals surface area contributed by atoms with Crippen LogP contribution in [0.2, 0.25) is 0 Å². The Morgan fingerprint density at radius 2 is 1.53 bits per heavy atom. The van der Waals surface area contributed by atoms with E-state index in [4.69, 9.17) is 0 Å². The van der Waals surface area contributed by atoms with E-state index in [1.165, 1.54) is 56.6 Å². The first-order valence-corrected chi connectivity index (χ1v) is 11.3. The molecule has 2 aromatic carbocycles. The summed E-state index contributed by atoms with van der Waals surface area (Å²) < 4.78 is 55.5. The molecule has 4 rings (SSSR count). The van der Waals surface area contributed by atoms with Crippen LogP contribution in [0.1, 0.15) is 80.9 Å². The number of hydrogen-bond acceptors (Lipinski definition) is 0. The van der Waals surface area contributed by atoms with E-state index in [0.29, 0.717) is 11.5 Å². The number of hydrogen-bond donors (Lipinski definition) is 0. The molecule has 0 saturated heterocycles. The highest BCUT2D eigenvalue weighted by atomic mass is 19.3. The molecule has 2 aromatic rings. The summed E-state index contributed by atoms with van der Waals surface area (Å²) in [4.78, 5) is 0. The zero-order valence-corrected chi connectivity index (χ0v) is 17.6. The Balaban J connectivity index is 1.47. The van der Waals surface area contributed by atoms with Gasteiger partial charge >= 0.3 is 11.8 Å². The Hall–Kier alpha value is -1.84. The molecule has 162 valence electrons. The zero-order valence-electron chi connectivity index (χ0n) is 17.6. The average Bonchev–Trinajstić information content (AvgIpc) is 2.76. The molecule has 0 heterocycles. The van der Waals surface area contributed by atoms with E-state index < -0.39 is 23.8 Å². The lowest BCUT2D eigenvalue weighted by Crippen LogP contribution is -2.42. The second kappa shape index (κ2) is 8.36. The Morgan fingerprint density at radius 3 is 2.20 bits per heavy atom. The van der Waals surface area contributed by atoms with E-state index >= 15 is 0 Å². The van der Waals surface area contributed by atoms with E-state index in [1.54, 1.807) is 12.1 Å². The molecule has 0 amide bonds. The van der Waals surface area contributed by atoms with Crippen LogP contribution < -0.4 is 0 Å². The average molecular weight is 419 g/mol. The highest BCUT2D eigenvalue weighted by Gasteiger charge is 2.59. The Labute approximate surface area is 176 Å². The fourth-order valence-electron chi connectivity index (χ4n) is 5.16. The minimum Gasteiger partial charge on any atom is -0.199 e. The van der Waals surface area contributed by atoms with Gasteiger partial charge in [0.2, 0.25) is 0 Å². The number of rotatable bonds is 5. The molecule has 2 aliphatic carbocycles. The van der Waals surface area contributed by atoms with E-state index in [-0.39, 0.29) is 6.42 Å². The number of benzene rings is 2. The molecule has 0 aromatic heterocycles. The number of halogens is 4. The highest BCUT2D eigenvalue weighted by molar-refractivity contribution is 5.66. The minimum absolute atomic E-state index is 0.0227. The summed E-state index contributed by atoms with van der Waals surface area (Å²) in [5, 5.41) is 0. The van der Waals surface area contributed by atoms with Crippen molar-refractivity contribution in [2.75, 3.05) is 0 Å². The fourth-order valence-corrected chi connectivity index (χ4v) is 5.16. The van der Waals surface area contributed by atoms with Crippen molar-refractivity contribution in [3.63, 3.8) is 0 Å². The molecule has 0 unspecified atom stereocenters. The van der Waals surface area contributed by atoms with E-state index in [9.17, 15) is 17.6 Å². The van der Waals surface area contributed by atoms with Gasteiger partial charge in [-0.2, -0.15) is 17.6 Å². The van der Waals surface area contributed by atoms with Crippen LogP contribution in [0.25, 0.3) is 11.1 Å². The van der Waals surface area contributed by atoms with Crippen LogP contribution in [0, 0.1) is 5.92 Å². The van der Waals surface area contributed by atoms with Crippen molar-refractivity contribution in [3.05, 3.63) is 59.2 Å². The molecular formula is C26H30F4. The molecule has 1 fully saturated rings. The van der Waals surface area contributed by atoms with Crippen LogP contribution >= 0.6 is 0 Å². The monoisotopic (exact) mass is 418 g/mol. The lowest BCUT2D eigenvalue weighted by Gasteiger charge is -2.33. The summed E-state index contributed by atoms with van der Waals surface area (Å²) >= 11 is 0. The van der Waals surface area contributed by atoms with Gasteiger partial charge in [-0.15, -0.1) is 0 Å². The van der Waals surface area contributed by atoms with Crippen LogP contribution in [0.15, 0.2) is 42.5 Å². The van der Waals surface area contributed by atoms with Crippen LogP contribution in [0.3, 0.4) is 0 Å². The lowest BCUT2D eigenvalue weighted by molar-refractivity contribution is -0.224. The first-order chi connectivity index (χ1) is 14.3. The van der Waals surface area contributed by atoms with Gasteiger partial charge in [0.1, 0.15) is 0 Å². The third kappa shape index (κ3) is 4.02. The summed E-state index contributed by atoms with van der Waals surface area (Å²) in [6.07, 6.45) is 8.18. The van der Waals surface area contributed by atoms with Crippen LogP contribution in [-0.4, -0.2) is 5.92 Å². The van der Waals surface area contributed by atoms with Crippen LogP contribution in [0.5, 0.6) is 0 Å². The minimum atomic E-state index is -4.10. The Morgan fingerprint density at radius 1 is 0.867 bits per heavy atom. The molecule has 30 heavy (non-hydrogen) atoms. The number of fused-ring (bicyclic) bond motifs is 1. The highest BCUT2D eigenvalue weighted by Crippen LogP contribution is 2.50. The summed E-state index contributed by atoms with van der Waals surface area (Å²) in [5.41, 5.74) is 2.90. The molecule has 0 nitrogen and oxygen atoms in total. The van der Waals surface area contributed by atoms with Gasteiger partial charge in [-0.3, -0.25) is 0 Å². The second-order valence-corrected chi connectivity index (χ2v) is 9.13. The maximum atomic E-state index is 14.1. The van der Waals surface area contributed by atoms with Crippen molar-refractivity contribution in [2.45, 2.75) is 82.5 Å². The molecule has 0 aliphatic heterocycles. The normalized spacial score (nSPS) is 25.0. The van der Waals surface area contributed by atoms with Crippen LogP contribution in [-0.2, 0) is 12.3 Å². The van der Waals surface area contributed by atoms with Gasteiger partial charge in [0.05, 0.1) is 0 Å². The van der Waals surface area contributed by atoms with Crippen molar-refractivity contribution in [3.8, 4) is 11.1 Å². The van der Waals surface area contributed by atoms with Gasteiger partial charge in [0, 0.05) is 12.0 Å². The van der Waals surface area contributed by atoms with Gasteiger partial charge in [0.15, 0.2) is 0 Å². The summed E-state index contributed by atoms with van der Waals surface area (Å²) in [6, 6.07) is 12.8. The van der Waals surface area contributed by atoms with Crippen molar-refractivity contribution >= 4 is 0 Å². The molecule has 0 N–H and O–H groups in total. The van der Waals surface area contributed by atoms with Crippen LogP contribution in [0.4, 0.5) is 17.6 Å². The molecule has 2 aliphatic rings. The Kier molecular flexibility index (Phi) is 5.96. The van der Waals surface area contributed by atoms with Gasteiger partial charge in [-0.05, 0) is 66.2 Å². The third-order valence-electron chi connectivity index (χ3n) is 7.14. The van der Waals surface area contributed by atoms with Gasteiger partial charge < -0.3 is 0 Å². The molecule has 0 spiro atoms. The standard InChI is InChI=1S/C26H30F4/c1-2-3-4-18-5-7-19(8-6-18)20-9-11-21(12-10-20)22-13-14-24-23(17-22)15-16-25(27,28)26(24,29)30/h9-14,17-19H,2-8,15-16H2,1H3. The maximum absolute atomic E-state index is 14.1. The molecule has 4 heteroatoms. The van der Waals surface area contributed by atoms with Gasteiger partial charge in [-0.1, -0.05) is 68.7 Å². The summed E-state index contributed by atoms with van der Waals surface area (Å²) in [6.45, 7) is 2.25. The second-order valence-electron chi connectivity index (χ2n) is 9.13. The number of alkyl halides is 4. The third-order valence-corrected chi connectivity index (χ3v) is 7.14. The lowest BCUT2D eigenvalue weighted by atomic mass is 9.77. The molecule has 1 saturated carbocycles. The van der Waals surface area contributed by atoms with Crippen molar-refractivity contribution in [1.82, 2.24) is 0 Å². The topological polar surface area (TPSA) is 0 Å². The smallest absolute Gasteiger partial charge is 0.199 e.